The molecule has 0 bridgehead atoms. The van der Waals surface area contributed by atoms with Crippen molar-refractivity contribution in [3.05, 3.63) is 35.4 Å². The van der Waals surface area contributed by atoms with Crippen LogP contribution >= 0.6 is 0 Å². The number of fused-ring (bicyclic) bond motifs is 7. The fourth-order valence-corrected chi connectivity index (χ4v) is 12.5. The molecular weight excluding hydrogens is 526 g/mol. The molecule has 6 nitrogen and oxygen atoms in total. The van der Waals surface area contributed by atoms with Crippen molar-refractivity contribution in [3.63, 3.8) is 0 Å². The molecule has 230 valence electrons. The average molecular weight is 578 g/mol. The Labute approximate surface area is 251 Å². The molecule has 0 aliphatic heterocycles. The van der Waals surface area contributed by atoms with Gasteiger partial charge in [0.05, 0.1) is 17.4 Å². The van der Waals surface area contributed by atoms with E-state index in [1.54, 1.807) is 12.1 Å². The SMILES string of the molecule is CC1(C)C2CC[C@@]3(C)C4CC[C@@]5(C(=O)NCCC(=O)O)CCCC5[C@H]4CCC3[C@@]2(C)CC[C@@H]1c1ccc(C(=O)O)cc1. The van der Waals surface area contributed by atoms with Crippen molar-refractivity contribution in [1.29, 1.82) is 0 Å². The van der Waals surface area contributed by atoms with Crippen LogP contribution in [0.4, 0.5) is 0 Å². The van der Waals surface area contributed by atoms with Crippen molar-refractivity contribution in [3.8, 4) is 0 Å². The summed E-state index contributed by atoms with van der Waals surface area (Å²) in [6.07, 6.45) is 12.7. The molecule has 0 heterocycles. The highest BCUT2D eigenvalue weighted by Crippen LogP contribution is 2.74. The smallest absolute Gasteiger partial charge is 0.335 e. The molecule has 4 unspecified atom stereocenters. The number of aromatic carboxylic acids is 1. The average Bonchev–Trinajstić information content (AvgIpc) is 3.38. The van der Waals surface area contributed by atoms with Crippen molar-refractivity contribution < 1.29 is 24.6 Å². The van der Waals surface area contributed by atoms with Crippen LogP contribution in [0.2, 0.25) is 0 Å². The third kappa shape index (κ3) is 4.36. The lowest BCUT2D eigenvalue weighted by Gasteiger charge is -2.69. The van der Waals surface area contributed by atoms with E-state index in [9.17, 15) is 19.5 Å². The van der Waals surface area contributed by atoms with Gasteiger partial charge in [0.25, 0.3) is 0 Å². The predicted octanol–water partition coefficient (Wildman–Crippen LogP) is 7.52. The molecule has 6 heteroatoms. The number of carbonyl (C=O) groups excluding carboxylic acids is 1. The number of benzene rings is 1. The van der Waals surface area contributed by atoms with Crippen LogP contribution in [0.25, 0.3) is 0 Å². The molecule has 0 radical (unpaired) electrons. The van der Waals surface area contributed by atoms with E-state index in [0.717, 1.165) is 38.5 Å². The second-order valence-corrected chi connectivity index (χ2v) is 15.9. The first-order chi connectivity index (χ1) is 19.8. The van der Waals surface area contributed by atoms with Crippen LogP contribution in [-0.2, 0) is 9.59 Å². The van der Waals surface area contributed by atoms with Crippen LogP contribution in [0.5, 0.6) is 0 Å². The lowest BCUT2D eigenvalue weighted by molar-refractivity contribution is -0.200. The second-order valence-electron chi connectivity index (χ2n) is 15.9. The molecule has 1 amide bonds. The van der Waals surface area contributed by atoms with Crippen LogP contribution in [-0.4, -0.2) is 34.6 Å². The normalized spacial score (nSPS) is 41.9. The van der Waals surface area contributed by atoms with E-state index in [1.165, 1.54) is 37.7 Å². The zero-order valence-electron chi connectivity index (χ0n) is 26.1. The molecule has 1 aromatic rings. The fourth-order valence-electron chi connectivity index (χ4n) is 12.5. The monoisotopic (exact) mass is 577 g/mol. The summed E-state index contributed by atoms with van der Waals surface area (Å²) in [7, 11) is 0. The first-order valence-corrected chi connectivity index (χ1v) is 16.7. The number of carbonyl (C=O) groups is 3. The van der Waals surface area contributed by atoms with Gasteiger partial charge in [-0.15, -0.1) is 0 Å². The minimum atomic E-state index is -0.865. The van der Waals surface area contributed by atoms with E-state index in [1.807, 2.05) is 0 Å². The highest BCUT2D eigenvalue weighted by molar-refractivity contribution is 5.87. The molecule has 5 fully saturated rings. The Morgan fingerprint density at radius 1 is 0.786 bits per heavy atom. The standard InChI is InChI=1S/C36H51NO5/c1-33(2)25(22-7-9-23(10-8-22)31(40)41)13-18-35(4)28(33)15-19-34(3)26-14-20-36(32(42)37-21-16-30(38)39)17-5-6-27(36)24(26)11-12-29(34)35/h7-10,24-29H,5-6,11-21H2,1-4H3,(H,37,42)(H,38,39)(H,40,41)/t24-,25+,26?,27?,28?,29?,34-,35-,36-/m0/s1. The Hall–Kier alpha value is -2.37. The van der Waals surface area contributed by atoms with Gasteiger partial charge in [-0.25, -0.2) is 4.79 Å². The predicted molar refractivity (Wildman–Crippen MR) is 162 cm³/mol. The molecule has 0 saturated heterocycles. The Morgan fingerprint density at radius 2 is 1.50 bits per heavy atom. The number of carboxylic acid groups (broad SMARTS) is 2. The summed E-state index contributed by atoms with van der Waals surface area (Å²) in [5, 5.41) is 21.5. The van der Waals surface area contributed by atoms with Gasteiger partial charge in [0.2, 0.25) is 5.91 Å². The number of nitrogens with one attached hydrogen (secondary N) is 1. The Balaban J connectivity index is 1.22. The summed E-state index contributed by atoms with van der Waals surface area (Å²) in [6.45, 7) is 10.4. The first kappa shape index (κ1) is 29.7. The molecule has 6 rings (SSSR count). The van der Waals surface area contributed by atoms with Crippen LogP contribution in [0.15, 0.2) is 24.3 Å². The Morgan fingerprint density at radius 3 is 2.19 bits per heavy atom. The van der Waals surface area contributed by atoms with Gasteiger partial charge in [-0.05, 0) is 134 Å². The number of carboxylic acids is 2. The Bertz CT molecular complexity index is 1240. The minimum absolute atomic E-state index is 0.0110. The summed E-state index contributed by atoms with van der Waals surface area (Å²) in [5.41, 5.74) is 2.08. The summed E-state index contributed by atoms with van der Waals surface area (Å²) in [5.74, 6) is 1.87. The molecule has 5 aliphatic rings. The van der Waals surface area contributed by atoms with Crippen LogP contribution in [0.3, 0.4) is 0 Å². The quantitative estimate of drug-likeness (QED) is 0.324. The van der Waals surface area contributed by atoms with Gasteiger partial charge in [0.15, 0.2) is 0 Å². The molecule has 0 aromatic heterocycles. The third-order valence-corrected chi connectivity index (χ3v) is 14.2. The minimum Gasteiger partial charge on any atom is -0.481 e. The number of hydrogen-bond donors (Lipinski definition) is 3. The van der Waals surface area contributed by atoms with Crippen LogP contribution in [0.1, 0.15) is 127 Å². The maximum Gasteiger partial charge on any atom is 0.335 e. The lowest BCUT2D eigenvalue weighted by atomic mass is 9.35. The van der Waals surface area contributed by atoms with Crippen molar-refractivity contribution >= 4 is 17.8 Å². The van der Waals surface area contributed by atoms with Crippen molar-refractivity contribution in [2.24, 2.45) is 51.2 Å². The van der Waals surface area contributed by atoms with Crippen molar-refractivity contribution in [2.75, 3.05) is 6.54 Å². The molecule has 1 aromatic carbocycles. The number of aliphatic carboxylic acids is 1. The second kappa shape index (κ2) is 10.4. The lowest BCUT2D eigenvalue weighted by Crippen LogP contribution is -2.62. The van der Waals surface area contributed by atoms with E-state index in [4.69, 9.17) is 5.11 Å². The first-order valence-electron chi connectivity index (χ1n) is 16.7. The zero-order chi connectivity index (χ0) is 30.1. The maximum atomic E-state index is 13.6. The maximum absolute atomic E-state index is 13.6. The molecular formula is C36H51NO5. The summed E-state index contributed by atoms with van der Waals surface area (Å²) < 4.78 is 0. The van der Waals surface area contributed by atoms with Gasteiger partial charge in [-0.2, -0.15) is 0 Å². The summed E-state index contributed by atoms with van der Waals surface area (Å²) in [4.78, 5) is 36.1. The van der Waals surface area contributed by atoms with E-state index < -0.39 is 11.9 Å². The zero-order valence-corrected chi connectivity index (χ0v) is 26.1. The van der Waals surface area contributed by atoms with Gasteiger partial charge >= 0.3 is 11.9 Å². The summed E-state index contributed by atoms with van der Waals surface area (Å²) >= 11 is 0. The molecule has 9 atom stereocenters. The summed E-state index contributed by atoms with van der Waals surface area (Å²) in [6, 6.07) is 7.67. The fraction of sp³-hybridized carbons (Fsp3) is 0.750. The van der Waals surface area contributed by atoms with E-state index in [-0.39, 0.29) is 35.1 Å². The molecule has 3 N–H and O–H groups in total. The highest BCUT2D eigenvalue weighted by Gasteiger charge is 2.67. The van der Waals surface area contributed by atoms with Gasteiger partial charge in [-0.1, -0.05) is 46.2 Å². The van der Waals surface area contributed by atoms with Gasteiger partial charge in [0.1, 0.15) is 0 Å². The van der Waals surface area contributed by atoms with E-state index in [2.05, 4.69) is 45.1 Å². The van der Waals surface area contributed by atoms with Crippen molar-refractivity contribution in [1.82, 2.24) is 5.32 Å². The molecule has 0 spiro atoms. The van der Waals surface area contributed by atoms with Crippen LogP contribution < -0.4 is 5.32 Å². The number of rotatable bonds is 6. The van der Waals surface area contributed by atoms with E-state index in [0.29, 0.717) is 46.5 Å². The van der Waals surface area contributed by atoms with E-state index >= 15 is 0 Å². The topological polar surface area (TPSA) is 104 Å². The van der Waals surface area contributed by atoms with Crippen molar-refractivity contribution in [2.45, 2.75) is 111 Å². The number of amides is 1. The van der Waals surface area contributed by atoms with Gasteiger partial charge in [-0.3, -0.25) is 9.59 Å². The van der Waals surface area contributed by atoms with Gasteiger partial charge < -0.3 is 15.5 Å². The Kier molecular flexibility index (Phi) is 7.33. The highest BCUT2D eigenvalue weighted by atomic mass is 16.4. The van der Waals surface area contributed by atoms with Crippen LogP contribution in [0, 0.1) is 51.2 Å². The number of hydrogen-bond acceptors (Lipinski definition) is 3. The molecule has 42 heavy (non-hydrogen) atoms. The van der Waals surface area contributed by atoms with Gasteiger partial charge in [0, 0.05) is 6.54 Å². The molecule has 5 aliphatic carbocycles. The largest absolute Gasteiger partial charge is 0.481 e. The molecule has 5 saturated carbocycles. The third-order valence-electron chi connectivity index (χ3n) is 14.2.